The summed E-state index contributed by atoms with van der Waals surface area (Å²) in [6.45, 7) is 0. The third-order valence-corrected chi connectivity index (χ3v) is 2.18. The van der Waals surface area contributed by atoms with Gasteiger partial charge in [-0.05, 0) is 24.3 Å². The average Bonchev–Trinajstić information content (AvgIpc) is 2.46. The Morgan fingerprint density at radius 1 is 0.947 bits per heavy atom. The fraction of sp³-hybridized carbons (Fsp3) is 0. The van der Waals surface area contributed by atoms with Crippen molar-refractivity contribution in [3.05, 3.63) is 59.9 Å². The molecule has 0 aliphatic rings. The van der Waals surface area contributed by atoms with E-state index in [1.165, 1.54) is 12.1 Å². The topological polar surface area (TPSA) is 103 Å². The van der Waals surface area contributed by atoms with Crippen molar-refractivity contribution in [3.63, 3.8) is 0 Å². The maximum absolute atomic E-state index is 12.7. The Bertz CT molecular complexity index is 606. The summed E-state index contributed by atoms with van der Waals surface area (Å²) in [6, 6.07) is 7.87. The summed E-state index contributed by atoms with van der Waals surface area (Å²) in [4.78, 5) is 7.78. The van der Waals surface area contributed by atoms with Gasteiger partial charge in [0, 0.05) is 6.20 Å². The first kappa shape index (κ1) is 12.6. The Labute approximate surface area is 108 Å². The predicted octanol–water partition coefficient (Wildman–Crippen LogP) is 0.641. The molecule has 0 bridgehead atoms. The standard InChI is InChI=1S/C12H11FN6/c13-8-4-5-10(17-7-8)12(15)19-18-11(14)9-3-1-2-6-16-9/h1-7H,(H2,14,18)(H2,15,19). The van der Waals surface area contributed by atoms with E-state index in [-0.39, 0.29) is 11.7 Å². The summed E-state index contributed by atoms with van der Waals surface area (Å²) in [7, 11) is 0. The van der Waals surface area contributed by atoms with Crippen molar-refractivity contribution < 1.29 is 4.39 Å². The van der Waals surface area contributed by atoms with Gasteiger partial charge in [-0.3, -0.25) is 4.98 Å². The Balaban J connectivity index is 2.20. The molecular formula is C12H11FN6. The Hall–Kier alpha value is -2.83. The van der Waals surface area contributed by atoms with Gasteiger partial charge in [-0.2, -0.15) is 0 Å². The average molecular weight is 258 g/mol. The van der Waals surface area contributed by atoms with Gasteiger partial charge in [-0.1, -0.05) is 6.07 Å². The van der Waals surface area contributed by atoms with E-state index in [4.69, 9.17) is 11.5 Å². The molecule has 7 heteroatoms. The molecule has 0 amide bonds. The van der Waals surface area contributed by atoms with Crippen LogP contribution in [0.3, 0.4) is 0 Å². The predicted molar refractivity (Wildman–Crippen MR) is 69.9 cm³/mol. The summed E-state index contributed by atoms with van der Waals surface area (Å²) in [6.07, 6.45) is 2.63. The van der Waals surface area contributed by atoms with E-state index in [1.54, 1.807) is 24.4 Å². The number of halogens is 1. The van der Waals surface area contributed by atoms with Crippen LogP contribution in [0.25, 0.3) is 0 Å². The number of hydrogen-bond donors (Lipinski definition) is 2. The van der Waals surface area contributed by atoms with Crippen LogP contribution in [0.15, 0.2) is 52.9 Å². The molecule has 0 aromatic carbocycles. The smallest absolute Gasteiger partial charge is 0.172 e. The van der Waals surface area contributed by atoms with Gasteiger partial charge < -0.3 is 11.5 Å². The van der Waals surface area contributed by atoms with Crippen molar-refractivity contribution in [1.29, 1.82) is 0 Å². The lowest BCUT2D eigenvalue weighted by molar-refractivity contribution is 0.621. The first-order valence-electron chi connectivity index (χ1n) is 5.37. The second-order valence-electron chi connectivity index (χ2n) is 3.55. The van der Waals surface area contributed by atoms with Crippen molar-refractivity contribution in [2.24, 2.45) is 21.7 Å². The van der Waals surface area contributed by atoms with Crippen molar-refractivity contribution in [2.45, 2.75) is 0 Å². The molecule has 2 heterocycles. The highest BCUT2D eigenvalue weighted by Crippen LogP contribution is 1.99. The quantitative estimate of drug-likeness (QED) is 0.479. The minimum atomic E-state index is -0.451. The highest BCUT2D eigenvalue weighted by molar-refractivity contribution is 5.98. The van der Waals surface area contributed by atoms with Crippen LogP contribution in [0, 0.1) is 5.82 Å². The SMILES string of the molecule is N/C(=N\N=C(/N)c1ccc(F)cn1)c1ccccn1. The number of rotatable bonds is 3. The lowest BCUT2D eigenvalue weighted by Gasteiger charge is -1.98. The van der Waals surface area contributed by atoms with Crippen LogP contribution in [0.4, 0.5) is 4.39 Å². The van der Waals surface area contributed by atoms with Crippen LogP contribution >= 0.6 is 0 Å². The number of aromatic nitrogens is 2. The van der Waals surface area contributed by atoms with Gasteiger partial charge in [0.1, 0.15) is 17.2 Å². The van der Waals surface area contributed by atoms with E-state index >= 15 is 0 Å². The van der Waals surface area contributed by atoms with Gasteiger partial charge >= 0.3 is 0 Å². The minimum Gasteiger partial charge on any atom is -0.380 e. The molecule has 96 valence electrons. The maximum Gasteiger partial charge on any atom is 0.172 e. The van der Waals surface area contributed by atoms with Gasteiger partial charge in [-0.15, -0.1) is 10.2 Å². The lowest BCUT2D eigenvalue weighted by atomic mass is 10.3. The second-order valence-corrected chi connectivity index (χ2v) is 3.55. The molecule has 0 spiro atoms. The van der Waals surface area contributed by atoms with Crippen LogP contribution in [-0.2, 0) is 0 Å². The molecule has 0 saturated heterocycles. The van der Waals surface area contributed by atoms with E-state index in [9.17, 15) is 4.39 Å². The third kappa shape index (κ3) is 3.32. The molecule has 0 fully saturated rings. The number of amidine groups is 2. The van der Waals surface area contributed by atoms with Crippen molar-refractivity contribution in [2.75, 3.05) is 0 Å². The second kappa shape index (κ2) is 5.67. The molecule has 4 N–H and O–H groups in total. The number of hydrogen-bond acceptors (Lipinski definition) is 4. The first-order valence-corrected chi connectivity index (χ1v) is 5.37. The molecule has 2 rings (SSSR count). The van der Waals surface area contributed by atoms with Crippen LogP contribution in [0.5, 0.6) is 0 Å². The van der Waals surface area contributed by atoms with E-state index in [1.807, 2.05) is 0 Å². The van der Waals surface area contributed by atoms with Gasteiger partial charge in [0.15, 0.2) is 11.7 Å². The zero-order valence-electron chi connectivity index (χ0n) is 9.86. The Morgan fingerprint density at radius 2 is 1.63 bits per heavy atom. The van der Waals surface area contributed by atoms with Crippen molar-refractivity contribution >= 4 is 11.7 Å². The maximum atomic E-state index is 12.7. The molecule has 2 aromatic rings. The number of pyridine rings is 2. The van der Waals surface area contributed by atoms with Crippen molar-refractivity contribution in [1.82, 2.24) is 9.97 Å². The summed E-state index contributed by atoms with van der Waals surface area (Å²) >= 11 is 0. The monoisotopic (exact) mass is 258 g/mol. The van der Waals surface area contributed by atoms with Gasteiger partial charge in [0.2, 0.25) is 0 Å². The molecule has 0 aliphatic heterocycles. The van der Waals surface area contributed by atoms with E-state index in [2.05, 4.69) is 20.2 Å². The van der Waals surface area contributed by atoms with Gasteiger partial charge in [0.25, 0.3) is 0 Å². The summed E-state index contributed by atoms with van der Waals surface area (Å²) in [5.74, 6) is -0.280. The summed E-state index contributed by atoms with van der Waals surface area (Å²) < 4.78 is 12.7. The van der Waals surface area contributed by atoms with Crippen molar-refractivity contribution in [3.8, 4) is 0 Å². The fourth-order valence-electron chi connectivity index (χ4n) is 1.25. The van der Waals surface area contributed by atoms with E-state index in [0.717, 1.165) is 6.20 Å². The molecule has 6 nitrogen and oxygen atoms in total. The van der Waals surface area contributed by atoms with Crippen LogP contribution in [0.2, 0.25) is 0 Å². The van der Waals surface area contributed by atoms with Crippen LogP contribution in [0.1, 0.15) is 11.4 Å². The van der Waals surface area contributed by atoms with E-state index in [0.29, 0.717) is 11.4 Å². The molecule has 0 unspecified atom stereocenters. The molecule has 2 aromatic heterocycles. The molecule has 0 radical (unpaired) electrons. The first-order chi connectivity index (χ1) is 9.16. The number of nitrogens with two attached hydrogens (primary N) is 2. The molecule has 0 saturated carbocycles. The zero-order valence-corrected chi connectivity index (χ0v) is 9.86. The molecular weight excluding hydrogens is 247 g/mol. The highest BCUT2D eigenvalue weighted by Gasteiger charge is 2.01. The minimum absolute atomic E-state index is 0.0406. The van der Waals surface area contributed by atoms with E-state index < -0.39 is 5.82 Å². The third-order valence-electron chi connectivity index (χ3n) is 2.18. The normalized spacial score (nSPS) is 12.5. The summed E-state index contributed by atoms with van der Waals surface area (Å²) in [5.41, 5.74) is 12.2. The molecule has 0 aliphatic carbocycles. The van der Waals surface area contributed by atoms with Crippen LogP contribution in [-0.4, -0.2) is 21.6 Å². The zero-order chi connectivity index (χ0) is 13.7. The Morgan fingerprint density at radius 3 is 2.16 bits per heavy atom. The molecule has 19 heavy (non-hydrogen) atoms. The Kier molecular flexibility index (Phi) is 3.77. The number of nitrogens with zero attached hydrogens (tertiary/aromatic N) is 4. The summed E-state index contributed by atoms with van der Waals surface area (Å²) in [5, 5.41) is 7.49. The van der Waals surface area contributed by atoms with Crippen LogP contribution < -0.4 is 11.5 Å². The lowest BCUT2D eigenvalue weighted by Crippen LogP contribution is -2.17. The largest absolute Gasteiger partial charge is 0.380 e. The van der Waals surface area contributed by atoms with Gasteiger partial charge in [0.05, 0.1) is 6.20 Å². The fourth-order valence-corrected chi connectivity index (χ4v) is 1.25. The molecule has 0 atom stereocenters. The van der Waals surface area contributed by atoms with Gasteiger partial charge in [-0.25, -0.2) is 9.37 Å². The highest BCUT2D eigenvalue weighted by atomic mass is 19.1.